The topological polar surface area (TPSA) is 53.9 Å². The second-order valence-electron chi connectivity index (χ2n) is 3.85. The number of hydrogen-bond acceptors (Lipinski definition) is 6. The molecule has 2 aromatic rings. The van der Waals surface area contributed by atoms with E-state index in [0.717, 1.165) is 16.5 Å². The van der Waals surface area contributed by atoms with Crippen molar-refractivity contribution in [3.8, 4) is 0 Å². The molecule has 6 heteroatoms. The van der Waals surface area contributed by atoms with E-state index in [1.807, 2.05) is 32.0 Å². The van der Waals surface area contributed by atoms with Crippen molar-refractivity contribution in [2.75, 3.05) is 24.3 Å². The number of hydrogen-bond donors (Lipinski definition) is 1. The van der Waals surface area contributed by atoms with Gasteiger partial charge in [-0.3, -0.25) is 0 Å². The Morgan fingerprint density at radius 3 is 2.82 bits per heavy atom. The summed E-state index contributed by atoms with van der Waals surface area (Å²) in [5, 5.41) is 6.37. The van der Waals surface area contributed by atoms with Crippen molar-refractivity contribution < 1.29 is 0 Å². The zero-order valence-corrected chi connectivity index (χ0v) is 11.0. The SMILES string of the molecule is Cc1nc(CNc2ccnc(N(C)C)n2)cs1. The maximum absolute atomic E-state index is 4.39. The summed E-state index contributed by atoms with van der Waals surface area (Å²) < 4.78 is 0. The molecule has 5 nitrogen and oxygen atoms in total. The van der Waals surface area contributed by atoms with Gasteiger partial charge in [-0.1, -0.05) is 0 Å². The quantitative estimate of drug-likeness (QED) is 0.897. The summed E-state index contributed by atoms with van der Waals surface area (Å²) >= 11 is 1.66. The maximum atomic E-state index is 4.39. The summed E-state index contributed by atoms with van der Waals surface area (Å²) in [6, 6.07) is 1.85. The summed E-state index contributed by atoms with van der Waals surface area (Å²) in [7, 11) is 3.84. The highest BCUT2D eigenvalue weighted by Gasteiger charge is 2.02. The fraction of sp³-hybridized carbons (Fsp3) is 0.364. The maximum Gasteiger partial charge on any atom is 0.226 e. The Balaban J connectivity index is 2.01. The first kappa shape index (κ1) is 11.8. The molecule has 1 N–H and O–H groups in total. The minimum absolute atomic E-state index is 0.689. The van der Waals surface area contributed by atoms with Gasteiger partial charge in [0.15, 0.2) is 0 Å². The number of thiazole rings is 1. The number of anilines is 2. The van der Waals surface area contributed by atoms with Crippen molar-refractivity contribution in [1.82, 2.24) is 15.0 Å². The average molecular weight is 249 g/mol. The van der Waals surface area contributed by atoms with Gasteiger partial charge < -0.3 is 10.2 Å². The number of aromatic nitrogens is 3. The highest BCUT2D eigenvalue weighted by atomic mass is 32.1. The fourth-order valence-electron chi connectivity index (χ4n) is 1.33. The molecule has 0 aliphatic carbocycles. The van der Waals surface area contributed by atoms with Gasteiger partial charge in [-0.2, -0.15) is 4.98 Å². The third-order valence-corrected chi connectivity index (χ3v) is 2.98. The molecule has 0 aliphatic rings. The summed E-state index contributed by atoms with van der Waals surface area (Å²) in [6.45, 7) is 2.69. The molecule has 0 spiro atoms. The average Bonchev–Trinajstić information content (AvgIpc) is 2.73. The van der Waals surface area contributed by atoms with E-state index in [1.54, 1.807) is 17.5 Å². The predicted molar refractivity (Wildman–Crippen MR) is 70.5 cm³/mol. The minimum Gasteiger partial charge on any atom is -0.364 e. The van der Waals surface area contributed by atoms with Gasteiger partial charge in [-0.15, -0.1) is 11.3 Å². The first-order chi connectivity index (χ1) is 8.15. The van der Waals surface area contributed by atoms with Crippen molar-refractivity contribution in [2.45, 2.75) is 13.5 Å². The van der Waals surface area contributed by atoms with Crippen LogP contribution in [-0.2, 0) is 6.54 Å². The lowest BCUT2D eigenvalue weighted by Gasteiger charge is -2.11. The Kier molecular flexibility index (Phi) is 3.53. The molecule has 17 heavy (non-hydrogen) atoms. The molecule has 2 rings (SSSR count). The van der Waals surface area contributed by atoms with Crippen molar-refractivity contribution in [1.29, 1.82) is 0 Å². The van der Waals surface area contributed by atoms with Crippen molar-refractivity contribution in [3.63, 3.8) is 0 Å². The molecule has 0 saturated heterocycles. The first-order valence-electron chi connectivity index (χ1n) is 5.30. The first-order valence-corrected chi connectivity index (χ1v) is 6.18. The predicted octanol–water partition coefficient (Wildman–Crippen LogP) is 1.92. The molecule has 0 radical (unpaired) electrons. The van der Waals surface area contributed by atoms with Gasteiger partial charge in [-0.25, -0.2) is 9.97 Å². The molecule has 2 heterocycles. The second-order valence-corrected chi connectivity index (χ2v) is 4.91. The zero-order valence-electron chi connectivity index (χ0n) is 10.1. The van der Waals surface area contributed by atoms with Crippen LogP contribution in [0.3, 0.4) is 0 Å². The summed E-state index contributed by atoms with van der Waals surface area (Å²) in [5.74, 6) is 1.51. The second kappa shape index (κ2) is 5.09. The van der Waals surface area contributed by atoms with Crippen LogP contribution in [0, 0.1) is 6.92 Å². The number of nitrogens with zero attached hydrogens (tertiary/aromatic N) is 4. The van der Waals surface area contributed by atoms with Crippen molar-refractivity contribution in [3.05, 3.63) is 28.3 Å². The largest absolute Gasteiger partial charge is 0.364 e. The lowest BCUT2D eigenvalue weighted by Crippen LogP contribution is -2.13. The minimum atomic E-state index is 0.689. The highest BCUT2D eigenvalue weighted by molar-refractivity contribution is 7.09. The molecule has 0 atom stereocenters. The number of aryl methyl sites for hydroxylation is 1. The Labute approximate surface area is 105 Å². The van der Waals surface area contributed by atoms with E-state index in [1.165, 1.54) is 0 Å². The van der Waals surface area contributed by atoms with Gasteiger partial charge in [0.25, 0.3) is 0 Å². The summed E-state index contributed by atoms with van der Waals surface area (Å²) in [4.78, 5) is 14.8. The van der Waals surface area contributed by atoms with Crippen LogP contribution < -0.4 is 10.2 Å². The van der Waals surface area contributed by atoms with Crippen LogP contribution in [0.2, 0.25) is 0 Å². The van der Waals surface area contributed by atoms with Crippen molar-refractivity contribution in [2.24, 2.45) is 0 Å². The third-order valence-electron chi connectivity index (χ3n) is 2.16. The lowest BCUT2D eigenvalue weighted by atomic mass is 10.4. The van der Waals surface area contributed by atoms with Gasteiger partial charge in [-0.05, 0) is 13.0 Å². The molecule has 90 valence electrons. The molecule has 2 aromatic heterocycles. The highest BCUT2D eigenvalue weighted by Crippen LogP contribution is 2.11. The Morgan fingerprint density at radius 1 is 1.35 bits per heavy atom. The summed E-state index contributed by atoms with van der Waals surface area (Å²) in [5.41, 5.74) is 1.04. The molecular formula is C11H15N5S. The Bertz CT molecular complexity index is 494. The van der Waals surface area contributed by atoms with Crippen LogP contribution in [0.15, 0.2) is 17.6 Å². The molecule has 0 saturated carbocycles. The summed E-state index contributed by atoms with van der Waals surface area (Å²) in [6.07, 6.45) is 1.75. The van der Waals surface area contributed by atoms with E-state index in [2.05, 4.69) is 25.6 Å². The van der Waals surface area contributed by atoms with Crippen LogP contribution in [0.1, 0.15) is 10.7 Å². The third kappa shape index (κ3) is 3.13. The van der Waals surface area contributed by atoms with Gasteiger partial charge in [0.2, 0.25) is 5.95 Å². The van der Waals surface area contributed by atoms with E-state index >= 15 is 0 Å². The van der Waals surface area contributed by atoms with E-state index in [4.69, 9.17) is 0 Å². The van der Waals surface area contributed by atoms with Crippen LogP contribution in [-0.4, -0.2) is 29.0 Å². The fourth-order valence-corrected chi connectivity index (χ4v) is 1.95. The van der Waals surface area contributed by atoms with Gasteiger partial charge >= 0.3 is 0 Å². The lowest BCUT2D eigenvalue weighted by molar-refractivity contribution is 0.978. The monoisotopic (exact) mass is 249 g/mol. The molecular weight excluding hydrogens is 234 g/mol. The number of nitrogens with one attached hydrogen (secondary N) is 1. The smallest absolute Gasteiger partial charge is 0.226 e. The molecule has 0 amide bonds. The zero-order chi connectivity index (χ0) is 12.3. The molecule has 0 bridgehead atoms. The molecule has 0 aliphatic heterocycles. The van der Waals surface area contributed by atoms with Crippen LogP contribution in [0.5, 0.6) is 0 Å². The van der Waals surface area contributed by atoms with E-state index in [9.17, 15) is 0 Å². The van der Waals surface area contributed by atoms with Gasteiger partial charge in [0, 0.05) is 25.7 Å². The Morgan fingerprint density at radius 2 is 2.18 bits per heavy atom. The normalized spacial score (nSPS) is 10.3. The van der Waals surface area contributed by atoms with E-state index in [-0.39, 0.29) is 0 Å². The van der Waals surface area contributed by atoms with Crippen LogP contribution in [0.25, 0.3) is 0 Å². The van der Waals surface area contributed by atoms with E-state index in [0.29, 0.717) is 12.5 Å². The number of rotatable bonds is 4. The molecule has 0 unspecified atom stereocenters. The van der Waals surface area contributed by atoms with Gasteiger partial charge in [0.05, 0.1) is 17.2 Å². The van der Waals surface area contributed by atoms with Crippen LogP contribution >= 0.6 is 11.3 Å². The Hall–Kier alpha value is -1.69. The molecule has 0 fully saturated rings. The van der Waals surface area contributed by atoms with E-state index < -0.39 is 0 Å². The van der Waals surface area contributed by atoms with Gasteiger partial charge in [0.1, 0.15) is 5.82 Å². The van der Waals surface area contributed by atoms with Crippen LogP contribution in [0.4, 0.5) is 11.8 Å². The molecule has 0 aromatic carbocycles. The standard InChI is InChI=1S/C11H15N5S/c1-8-14-9(7-17-8)6-13-10-4-5-12-11(15-10)16(2)3/h4-5,7H,6H2,1-3H3,(H,12,13,15). The van der Waals surface area contributed by atoms with Crippen molar-refractivity contribution >= 4 is 23.1 Å².